The Balaban J connectivity index is 1.91. The van der Waals surface area contributed by atoms with Crippen molar-refractivity contribution in [2.24, 2.45) is 0 Å². The predicted octanol–water partition coefficient (Wildman–Crippen LogP) is 2.60. The molecule has 3 rings (SSSR count). The number of nitrogens with zero attached hydrogens (tertiary/aromatic N) is 5. The monoisotopic (exact) mass is 369 g/mol. The summed E-state index contributed by atoms with van der Waals surface area (Å²) in [5, 5.41) is 9.60. The van der Waals surface area contributed by atoms with Gasteiger partial charge in [0.2, 0.25) is 5.91 Å². The van der Waals surface area contributed by atoms with Crippen molar-refractivity contribution >= 4 is 11.7 Å². The standard InChI is InChI=1S/C21H31N5O/c1-5-25-11-10-21(9-8-19(25)27)15-26(13-12-24(21)4)20-17(14-22)6-7-18(23-20)16(2)3/h6-7,16H,5,8-13,15H2,1-4H3. The Morgan fingerprint density at radius 2 is 2.04 bits per heavy atom. The molecule has 6 heteroatoms. The maximum absolute atomic E-state index is 12.4. The molecule has 2 aliphatic rings. The van der Waals surface area contributed by atoms with E-state index in [0.29, 0.717) is 17.9 Å². The molecule has 1 spiro atoms. The molecule has 2 saturated heterocycles. The molecule has 0 aromatic carbocycles. The first-order valence-electron chi connectivity index (χ1n) is 10.0. The average Bonchev–Trinajstić information content (AvgIpc) is 2.83. The van der Waals surface area contributed by atoms with Crippen molar-refractivity contribution in [1.82, 2.24) is 14.8 Å². The van der Waals surface area contributed by atoms with Gasteiger partial charge in [-0.1, -0.05) is 13.8 Å². The summed E-state index contributed by atoms with van der Waals surface area (Å²) in [4.78, 5) is 23.9. The SMILES string of the molecule is CCN1CCC2(CCC1=O)CN(c1nc(C(C)C)ccc1C#N)CCN2C. The predicted molar refractivity (Wildman–Crippen MR) is 107 cm³/mol. The number of nitriles is 1. The van der Waals surface area contributed by atoms with E-state index in [1.165, 1.54) is 0 Å². The highest BCUT2D eigenvalue weighted by molar-refractivity contribution is 5.76. The largest absolute Gasteiger partial charge is 0.352 e. The van der Waals surface area contributed by atoms with Gasteiger partial charge >= 0.3 is 0 Å². The number of piperazine rings is 1. The lowest BCUT2D eigenvalue weighted by Crippen LogP contribution is -2.61. The molecule has 1 aromatic rings. The quantitative estimate of drug-likeness (QED) is 0.819. The first-order valence-corrected chi connectivity index (χ1v) is 10.0. The van der Waals surface area contributed by atoms with E-state index in [2.05, 4.69) is 36.8 Å². The number of rotatable bonds is 3. The van der Waals surface area contributed by atoms with E-state index in [9.17, 15) is 10.1 Å². The van der Waals surface area contributed by atoms with E-state index in [0.717, 1.165) is 57.1 Å². The van der Waals surface area contributed by atoms with Gasteiger partial charge in [0.05, 0.1) is 5.56 Å². The van der Waals surface area contributed by atoms with Gasteiger partial charge in [0.15, 0.2) is 0 Å². The first-order chi connectivity index (χ1) is 12.9. The van der Waals surface area contributed by atoms with Gasteiger partial charge in [0.25, 0.3) is 0 Å². The molecule has 6 nitrogen and oxygen atoms in total. The van der Waals surface area contributed by atoms with E-state index < -0.39 is 0 Å². The number of likely N-dealkylation sites (tertiary alicyclic amines) is 1. The van der Waals surface area contributed by atoms with Gasteiger partial charge in [0, 0.05) is 50.4 Å². The topological polar surface area (TPSA) is 63.5 Å². The van der Waals surface area contributed by atoms with Crippen LogP contribution in [-0.4, -0.2) is 66.0 Å². The molecular formula is C21H31N5O. The van der Waals surface area contributed by atoms with E-state index in [1.807, 2.05) is 24.0 Å². The van der Waals surface area contributed by atoms with Crippen molar-refractivity contribution in [3.63, 3.8) is 0 Å². The molecule has 2 aliphatic heterocycles. The van der Waals surface area contributed by atoms with Crippen LogP contribution in [0.15, 0.2) is 12.1 Å². The second-order valence-electron chi connectivity index (χ2n) is 8.16. The van der Waals surface area contributed by atoms with Gasteiger partial charge in [-0.25, -0.2) is 4.98 Å². The van der Waals surface area contributed by atoms with Crippen LogP contribution < -0.4 is 4.90 Å². The molecule has 3 heterocycles. The second kappa shape index (κ2) is 7.85. The van der Waals surface area contributed by atoms with Crippen LogP contribution in [0.25, 0.3) is 0 Å². The Bertz CT molecular complexity index is 741. The molecule has 2 fully saturated rings. The molecule has 146 valence electrons. The minimum atomic E-state index is -0.0416. The maximum Gasteiger partial charge on any atom is 0.222 e. The van der Waals surface area contributed by atoms with Crippen LogP contribution in [0.1, 0.15) is 57.2 Å². The minimum absolute atomic E-state index is 0.0416. The van der Waals surface area contributed by atoms with Crippen molar-refractivity contribution in [2.75, 3.05) is 44.7 Å². The summed E-state index contributed by atoms with van der Waals surface area (Å²) in [7, 11) is 2.17. The number of hydrogen-bond donors (Lipinski definition) is 0. The van der Waals surface area contributed by atoms with Gasteiger partial charge < -0.3 is 9.80 Å². The molecule has 0 radical (unpaired) electrons. The van der Waals surface area contributed by atoms with Crippen LogP contribution in [0, 0.1) is 11.3 Å². The van der Waals surface area contributed by atoms with Gasteiger partial charge in [0.1, 0.15) is 11.9 Å². The average molecular weight is 370 g/mol. The fourth-order valence-electron chi connectivity index (χ4n) is 4.32. The number of pyridine rings is 1. The van der Waals surface area contributed by atoms with Crippen molar-refractivity contribution in [1.29, 1.82) is 5.26 Å². The fraction of sp³-hybridized carbons (Fsp3) is 0.667. The van der Waals surface area contributed by atoms with Gasteiger partial charge in [-0.15, -0.1) is 0 Å². The molecule has 1 unspecified atom stereocenters. The zero-order valence-electron chi connectivity index (χ0n) is 17.0. The number of anilines is 1. The lowest BCUT2D eigenvalue weighted by Gasteiger charge is -2.49. The first kappa shape index (κ1) is 19.6. The summed E-state index contributed by atoms with van der Waals surface area (Å²) in [5.41, 5.74) is 1.62. The van der Waals surface area contributed by atoms with E-state index in [1.54, 1.807) is 0 Å². The number of carbonyl (C=O) groups is 1. The van der Waals surface area contributed by atoms with Crippen molar-refractivity contribution in [2.45, 2.75) is 51.5 Å². The smallest absolute Gasteiger partial charge is 0.222 e. The summed E-state index contributed by atoms with van der Waals surface area (Å²) >= 11 is 0. The third kappa shape index (κ3) is 3.79. The summed E-state index contributed by atoms with van der Waals surface area (Å²) in [5.74, 6) is 1.39. The molecule has 1 amide bonds. The second-order valence-corrected chi connectivity index (χ2v) is 8.16. The Kier molecular flexibility index (Phi) is 5.71. The summed E-state index contributed by atoms with van der Waals surface area (Å²) < 4.78 is 0. The van der Waals surface area contributed by atoms with Crippen molar-refractivity contribution < 1.29 is 4.79 Å². The zero-order valence-corrected chi connectivity index (χ0v) is 17.0. The van der Waals surface area contributed by atoms with Crippen LogP contribution in [0.5, 0.6) is 0 Å². The number of carbonyl (C=O) groups excluding carboxylic acids is 1. The highest BCUT2D eigenvalue weighted by Crippen LogP contribution is 2.34. The van der Waals surface area contributed by atoms with Crippen LogP contribution in [0.2, 0.25) is 0 Å². The van der Waals surface area contributed by atoms with Gasteiger partial charge in [-0.05, 0) is 44.9 Å². The van der Waals surface area contributed by atoms with E-state index >= 15 is 0 Å². The van der Waals surface area contributed by atoms with Crippen LogP contribution in [0.4, 0.5) is 5.82 Å². The zero-order chi connectivity index (χ0) is 19.6. The molecule has 1 atom stereocenters. The van der Waals surface area contributed by atoms with Crippen LogP contribution in [0.3, 0.4) is 0 Å². The Morgan fingerprint density at radius 1 is 1.26 bits per heavy atom. The summed E-state index contributed by atoms with van der Waals surface area (Å²) in [6.07, 6.45) is 2.42. The molecule has 0 aliphatic carbocycles. The lowest BCUT2D eigenvalue weighted by molar-refractivity contribution is -0.130. The third-order valence-electron chi connectivity index (χ3n) is 6.29. The molecule has 1 aromatic heterocycles. The highest BCUT2D eigenvalue weighted by Gasteiger charge is 2.42. The van der Waals surface area contributed by atoms with Crippen LogP contribution >= 0.6 is 0 Å². The molecule has 0 saturated carbocycles. The summed E-state index contributed by atoms with van der Waals surface area (Å²) in [6.45, 7) is 10.5. The Morgan fingerprint density at radius 3 is 2.70 bits per heavy atom. The number of likely N-dealkylation sites (N-methyl/N-ethyl adjacent to an activating group) is 1. The fourth-order valence-corrected chi connectivity index (χ4v) is 4.32. The normalized spacial score (nSPS) is 24.4. The molecular weight excluding hydrogens is 338 g/mol. The Labute approximate surface area is 162 Å². The van der Waals surface area contributed by atoms with E-state index in [-0.39, 0.29) is 11.4 Å². The number of aromatic nitrogens is 1. The highest BCUT2D eigenvalue weighted by atomic mass is 16.2. The van der Waals surface area contributed by atoms with Gasteiger partial charge in [-0.2, -0.15) is 5.26 Å². The van der Waals surface area contributed by atoms with E-state index in [4.69, 9.17) is 4.98 Å². The number of amides is 1. The third-order valence-corrected chi connectivity index (χ3v) is 6.29. The van der Waals surface area contributed by atoms with Crippen LogP contribution in [-0.2, 0) is 4.79 Å². The summed E-state index contributed by atoms with van der Waals surface area (Å²) in [6, 6.07) is 6.18. The maximum atomic E-state index is 12.4. The van der Waals surface area contributed by atoms with Crippen molar-refractivity contribution in [3.8, 4) is 6.07 Å². The molecule has 0 N–H and O–H groups in total. The molecule has 27 heavy (non-hydrogen) atoms. The Hall–Kier alpha value is -2.13. The molecule has 0 bridgehead atoms. The van der Waals surface area contributed by atoms with Crippen molar-refractivity contribution in [3.05, 3.63) is 23.4 Å². The minimum Gasteiger partial charge on any atom is -0.352 e. The number of hydrogen-bond acceptors (Lipinski definition) is 5. The van der Waals surface area contributed by atoms with Gasteiger partial charge in [-0.3, -0.25) is 9.69 Å². The lowest BCUT2D eigenvalue weighted by atomic mass is 9.86.